The molecule has 0 saturated carbocycles. The molecule has 1 aromatic rings. The first-order valence-corrected chi connectivity index (χ1v) is 7.22. The maximum atomic E-state index is 11.9. The van der Waals surface area contributed by atoms with E-state index in [-0.39, 0.29) is 16.4 Å². The number of phenols is 1. The molecule has 2 nitrogen and oxygen atoms in total. The standard InChI is InChI=1S/C12H14Br2O2/c13-8-2-1-3-11(14)12(16)9-4-6-10(15)7-5-9/h4-7,11,15H,1-3,8H2. The molecule has 1 atom stereocenters. The lowest BCUT2D eigenvalue weighted by molar-refractivity contribution is 0.0988. The van der Waals surface area contributed by atoms with Crippen molar-refractivity contribution in [2.24, 2.45) is 0 Å². The first kappa shape index (κ1) is 13.7. The van der Waals surface area contributed by atoms with Gasteiger partial charge in [-0.1, -0.05) is 38.3 Å². The van der Waals surface area contributed by atoms with Crippen molar-refractivity contribution >= 4 is 37.6 Å². The highest BCUT2D eigenvalue weighted by Crippen LogP contribution is 2.18. The predicted octanol–water partition coefficient (Wildman–Crippen LogP) is 3.90. The molecular formula is C12H14Br2O2. The normalized spacial score (nSPS) is 12.4. The van der Waals surface area contributed by atoms with Crippen LogP contribution >= 0.6 is 31.9 Å². The summed E-state index contributed by atoms with van der Waals surface area (Å²) in [7, 11) is 0. The van der Waals surface area contributed by atoms with Gasteiger partial charge in [0, 0.05) is 10.9 Å². The van der Waals surface area contributed by atoms with E-state index in [9.17, 15) is 4.79 Å². The van der Waals surface area contributed by atoms with Crippen LogP contribution in [-0.4, -0.2) is 21.0 Å². The summed E-state index contributed by atoms with van der Waals surface area (Å²) in [6.07, 6.45) is 2.93. The molecule has 16 heavy (non-hydrogen) atoms. The monoisotopic (exact) mass is 348 g/mol. The lowest BCUT2D eigenvalue weighted by Crippen LogP contribution is -2.14. The Morgan fingerprint density at radius 1 is 1.25 bits per heavy atom. The molecule has 0 aromatic heterocycles. The Hall–Kier alpha value is -0.350. The van der Waals surface area contributed by atoms with E-state index in [1.165, 1.54) is 12.1 Å². The smallest absolute Gasteiger partial charge is 0.176 e. The SMILES string of the molecule is O=C(c1ccc(O)cc1)C(Br)CCCCBr. The Morgan fingerprint density at radius 2 is 1.88 bits per heavy atom. The van der Waals surface area contributed by atoms with Crippen molar-refractivity contribution in [3.8, 4) is 5.75 Å². The van der Waals surface area contributed by atoms with Crippen molar-refractivity contribution < 1.29 is 9.90 Å². The number of unbranched alkanes of at least 4 members (excludes halogenated alkanes) is 1. The molecule has 0 heterocycles. The number of halogens is 2. The van der Waals surface area contributed by atoms with Gasteiger partial charge < -0.3 is 5.11 Å². The number of hydrogen-bond acceptors (Lipinski definition) is 2. The van der Waals surface area contributed by atoms with Crippen molar-refractivity contribution in [2.75, 3.05) is 5.33 Å². The second-order valence-corrected chi connectivity index (χ2v) is 5.46. The highest BCUT2D eigenvalue weighted by atomic mass is 79.9. The molecule has 0 aliphatic rings. The number of rotatable bonds is 6. The van der Waals surface area contributed by atoms with E-state index < -0.39 is 0 Å². The van der Waals surface area contributed by atoms with Crippen molar-refractivity contribution in [3.05, 3.63) is 29.8 Å². The molecule has 4 heteroatoms. The van der Waals surface area contributed by atoms with Gasteiger partial charge in [-0.05, 0) is 37.1 Å². The van der Waals surface area contributed by atoms with Gasteiger partial charge in [-0.15, -0.1) is 0 Å². The zero-order chi connectivity index (χ0) is 12.0. The maximum absolute atomic E-state index is 11.9. The second kappa shape index (κ2) is 7.07. The number of phenolic OH excluding ortho intramolecular Hbond substituents is 1. The highest BCUT2D eigenvalue weighted by molar-refractivity contribution is 9.10. The first-order chi connectivity index (χ1) is 7.65. The average Bonchev–Trinajstić information content (AvgIpc) is 2.29. The fraction of sp³-hybridized carbons (Fsp3) is 0.417. The second-order valence-electron chi connectivity index (χ2n) is 3.56. The fourth-order valence-electron chi connectivity index (χ4n) is 1.36. The van der Waals surface area contributed by atoms with E-state index in [0.717, 1.165) is 24.6 Å². The van der Waals surface area contributed by atoms with Crippen molar-refractivity contribution in [1.29, 1.82) is 0 Å². The third kappa shape index (κ3) is 4.26. The molecule has 0 radical (unpaired) electrons. The van der Waals surface area contributed by atoms with Gasteiger partial charge in [-0.3, -0.25) is 4.79 Å². The number of carbonyl (C=O) groups is 1. The fourth-order valence-corrected chi connectivity index (χ4v) is 2.34. The topological polar surface area (TPSA) is 37.3 Å². The number of aromatic hydroxyl groups is 1. The molecule has 0 aliphatic heterocycles. The molecule has 0 saturated heterocycles. The summed E-state index contributed by atoms with van der Waals surface area (Å²) < 4.78 is 0. The molecule has 0 aliphatic carbocycles. The average molecular weight is 350 g/mol. The molecular weight excluding hydrogens is 336 g/mol. The molecule has 1 unspecified atom stereocenters. The van der Waals surface area contributed by atoms with Crippen LogP contribution in [0.15, 0.2) is 24.3 Å². The minimum absolute atomic E-state index is 0.0783. The van der Waals surface area contributed by atoms with Gasteiger partial charge in [0.1, 0.15) is 5.75 Å². The van der Waals surface area contributed by atoms with Gasteiger partial charge in [-0.25, -0.2) is 0 Å². The zero-order valence-electron chi connectivity index (χ0n) is 8.83. The quantitative estimate of drug-likeness (QED) is 0.480. The molecule has 0 fully saturated rings. The third-order valence-corrected chi connectivity index (χ3v) is 3.71. The van der Waals surface area contributed by atoms with Crippen molar-refractivity contribution in [3.63, 3.8) is 0 Å². The number of ketones is 1. The van der Waals surface area contributed by atoms with Gasteiger partial charge in [0.2, 0.25) is 0 Å². The third-order valence-electron chi connectivity index (χ3n) is 2.28. The minimum atomic E-state index is -0.129. The zero-order valence-corrected chi connectivity index (χ0v) is 12.0. The predicted molar refractivity (Wildman–Crippen MR) is 72.8 cm³/mol. The summed E-state index contributed by atoms with van der Waals surface area (Å²) in [5, 5.41) is 10.1. The van der Waals surface area contributed by atoms with Crippen LogP contribution in [0, 0.1) is 0 Å². The van der Waals surface area contributed by atoms with Gasteiger partial charge >= 0.3 is 0 Å². The summed E-state index contributed by atoms with van der Waals surface area (Å²) in [6.45, 7) is 0. The van der Waals surface area contributed by atoms with E-state index in [2.05, 4.69) is 31.9 Å². The summed E-state index contributed by atoms with van der Waals surface area (Å²) in [5.41, 5.74) is 0.638. The van der Waals surface area contributed by atoms with E-state index in [4.69, 9.17) is 5.11 Å². The molecule has 0 amide bonds. The van der Waals surface area contributed by atoms with Gasteiger partial charge in [-0.2, -0.15) is 0 Å². The van der Waals surface area contributed by atoms with Crippen LogP contribution in [0.3, 0.4) is 0 Å². The minimum Gasteiger partial charge on any atom is -0.508 e. The molecule has 88 valence electrons. The van der Waals surface area contributed by atoms with E-state index in [0.29, 0.717) is 5.56 Å². The van der Waals surface area contributed by atoms with Crippen molar-refractivity contribution in [1.82, 2.24) is 0 Å². The van der Waals surface area contributed by atoms with E-state index >= 15 is 0 Å². The number of alkyl halides is 2. The largest absolute Gasteiger partial charge is 0.508 e. The van der Waals surface area contributed by atoms with Crippen LogP contribution in [-0.2, 0) is 0 Å². The summed E-state index contributed by atoms with van der Waals surface area (Å²) in [5.74, 6) is 0.261. The highest BCUT2D eigenvalue weighted by Gasteiger charge is 2.16. The lowest BCUT2D eigenvalue weighted by atomic mass is 10.0. The van der Waals surface area contributed by atoms with E-state index in [1.54, 1.807) is 12.1 Å². The van der Waals surface area contributed by atoms with Crippen LogP contribution in [0.5, 0.6) is 5.75 Å². The van der Waals surface area contributed by atoms with Crippen LogP contribution in [0.1, 0.15) is 29.6 Å². The van der Waals surface area contributed by atoms with E-state index in [1.807, 2.05) is 0 Å². The number of carbonyl (C=O) groups excluding carboxylic acids is 1. The molecule has 1 N–H and O–H groups in total. The number of hydrogen-bond donors (Lipinski definition) is 1. The Morgan fingerprint density at radius 3 is 2.44 bits per heavy atom. The first-order valence-electron chi connectivity index (χ1n) is 5.18. The van der Waals surface area contributed by atoms with Crippen LogP contribution in [0.2, 0.25) is 0 Å². The van der Waals surface area contributed by atoms with Crippen molar-refractivity contribution in [2.45, 2.75) is 24.1 Å². The van der Waals surface area contributed by atoms with Gasteiger partial charge in [0.05, 0.1) is 4.83 Å². The molecule has 0 bridgehead atoms. The van der Waals surface area contributed by atoms with Crippen LogP contribution < -0.4 is 0 Å². The van der Waals surface area contributed by atoms with Crippen LogP contribution in [0.25, 0.3) is 0 Å². The Bertz CT molecular complexity index is 335. The Balaban J connectivity index is 2.53. The Kier molecular flexibility index (Phi) is 6.06. The van der Waals surface area contributed by atoms with Gasteiger partial charge in [0.25, 0.3) is 0 Å². The number of benzene rings is 1. The summed E-state index contributed by atoms with van der Waals surface area (Å²) >= 11 is 6.76. The lowest BCUT2D eigenvalue weighted by Gasteiger charge is -2.08. The molecule has 1 aromatic carbocycles. The molecule has 0 spiro atoms. The summed E-state index contributed by atoms with van der Waals surface area (Å²) in [4.78, 5) is 11.8. The van der Waals surface area contributed by atoms with Crippen LogP contribution in [0.4, 0.5) is 0 Å². The molecule has 1 rings (SSSR count). The summed E-state index contributed by atoms with van der Waals surface area (Å²) in [6, 6.07) is 6.36. The number of Topliss-reactive ketones (excluding diaryl/α,β-unsaturated/α-hetero) is 1. The maximum Gasteiger partial charge on any atom is 0.176 e. The van der Waals surface area contributed by atoms with Gasteiger partial charge in [0.15, 0.2) is 5.78 Å². The Labute approximate surface area is 112 Å².